The maximum Gasteiger partial charge on any atom is 0.221 e. The summed E-state index contributed by atoms with van der Waals surface area (Å²) in [7, 11) is 0. The Morgan fingerprint density at radius 1 is 1.38 bits per heavy atom. The van der Waals surface area contributed by atoms with Gasteiger partial charge in [-0.2, -0.15) is 5.10 Å². The fraction of sp³-hybridized carbons (Fsp3) is 0.400. The average Bonchev–Trinajstić information content (AvgIpc) is 2.99. The summed E-state index contributed by atoms with van der Waals surface area (Å²) in [4.78, 5) is 16.2. The summed E-state index contributed by atoms with van der Waals surface area (Å²) in [6.45, 7) is 3.92. The number of amides is 1. The molecule has 1 amide bonds. The molecule has 0 fully saturated rings. The van der Waals surface area contributed by atoms with E-state index in [9.17, 15) is 9.18 Å². The smallest absolute Gasteiger partial charge is 0.221 e. The summed E-state index contributed by atoms with van der Waals surface area (Å²) in [6, 6.07) is 6.07. The van der Waals surface area contributed by atoms with Crippen LogP contribution in [0.1, 0.15) is 50.0 Å². The molecule has 1 heterocycles. The Labute approximate surface area is 123 Å². The lowest BCUT2D eigenvalue weighted by molar-refractivity contribution is -0.122. The average molecular weight is 290 g/mol. The molecule has 112 valence electrons. The number of benzene rings is 1. The minimum absolute atomic E-state index is 0.0258. The van der Waals surface area contributed by atoms with Gasteiger partial charge in [0.25, 0.3) is 0 Å². The van der Waals surface area contributed by atoms with Crippen molar-refractivity contribution in [1.82, 2.24) is 20.5 Å². The largest absolute Gasteiger partial charge is 0.346 e. The third kappa shape index (κ3) is 4.11. The second-order valence-electron chi connectivity index (χ2n) is 5.06. The van der Waals surface area contributed by atoms with Gasteiger partial charge >= 0.3 is 0 Å². The van der Waals surface area contributed by atoms with E-state index < -0.39 is 0 Å². The van der Waals surface area contributed by atoms with E-state index >= 15 is 0 Å². The van der Waals surface area contributed by atoms with Gasteiger partial charge in [0.2, 0.25) is 5.91 Å². The van der Waals surface area contributed by atoms with Crippen molar-refractivity contribution in [3.8, 4) is 0 Å². The third-order valence-electron chi connectivity index (χ3n) is 3.44. The van der Waals surface area contributed by atoms with E-state index in [1.165, 1.54) is 18.5 Å². The molecule has 0 aliphatic rings. The van der Waals surface area contributed by atoms with Crippen LogP contribution in [-0.2, 0) is 4.79 Å². The second kappa shape index (κ2) is 6.97. The van der Waals surface area contributed by atoms with Crippen LogP contribution in [0.5, 0.6) is 0 Å². The van der Waals surface area contributed by atoms with E-state index in [0.717, 1.165) is 12.0 Å². The Balaban J connectivity index is 1.93. The molecule has 0 saturated heterocycles. The first-order valence-corrected chi connectivity index (χ1v) is 7.00. The molecule has 21 heavy (non-hydrogen) atoms. The molecule has 0 bridgehead atoms. The molecule has 0 spiro atoms. The number of carbonyl (C=O) groups is 1. The first-order chi connectivity index (χ1) is 10.1. The van der Waals surface area contributed by atoms with E-state index in [1.807, 2.05) is 13.8 Å². The summed E-state index contributed by atoms with van der Waals surface area (Å²) in [5.41, 5.74) is 0.944. The van der Waals surface area contributed by atoms with Crippen molar-refractivity contribution < 1.29 is 9.18 Å². The van der Waals surface area contributed by atoms with Gasteiger partial charge in [0.15, 0.2) is 0 Å². The predicted molar refractivity (Wildman–Crippen MR) is 77.0 cm³/mol. The van der Waals surface area contributed by atoms with Crippen LogP contribution >= 0.6 is 0 Å². The molecule has 1 aromatic carbocycles. The highest BCUT2D eigenvalue weighted by Gasteiger charge is 2.17. The van der Waals surface area contributed by atoms with Crippen LogP contribution in [0.15, 0.2) is 30.6 Å². The number of hydrogen-bond donors (Lipinski definition) is 2. The van der Waals surface area contributed by atoms with Crippen LogP contribution < -0.4 is 5.32 Å². The first kappa shape index (κ1) is 15.2. The van der Waals surface area contributed by atoms with Crippen molar-refractivity contribution >= 4 is 5.91 Å². The maximum atomic E-state index is 12.9. The lowest BCUT2D eigenvalue weighted by atomic mass is 9.97. The molecular formula is C15H19FN4O. The Morgan fingerprint density at radius 3 is 2.67 bits per heavy atom. The molecular weight excluding hydrogens is 271 g/mol. The lowest BCUT2D eigenvalue weighted by Crippen LogP contribution is -2.29. The molecule has 0 unspecified atom stereocenters. The molecule has 0 aliphatic carbocycles. The van der Waals surface area contributed by atoms with Crippen LogP contribution in [0, 0.1) is 5.82 Å². The van der Waals surface area contributed by atoms with E-state index in [-0.39, 0.29) is 23.7 Å². The molecule has 1 aromatic heterocycles. The number of carbonyl (C=O) groups excluding carboxylic acids is 1. The van der Waals surface area contributed by atoms with Crippen molar-refractivity contribution in [1.29, 1.82) is 0 Å². The van der Waals surface area contributed by atoms with E-state index in [2.05, 4.69) is 20.5 Å². The van der Waals surface area contributed by atoms with E-state index in [4.69, 9.17) is 0 Å². The van der Waals surface area contributed by atoms with Crippen LogP contribution in [0.4, 0.5) is 4.39 Å². The standard InChI is InChI=1S/C15H19FN4O/c1-3-13(15-17-9-18-20-15)19-14(21)8-10(2)11-4-6-12(16)7-5-11/h4-7,9-10,13H,3,8H2,1-2H3,(H,19,21)(H,17,18,20)/t10-,13-/m1/s1. The molecule has 2 N–H and O–H groups in total. The topological polar surface area (TPSA) is 70.7 Å². The molecule has 6 heteroatoms. The molecule has 2 rings (SSSR count). The van der Waals surface area contributed by atoms with Gasteiger partial charge in [-0.3, -0.25) is 9.89 Å². The number of rotatable bonds is 6. The third-order valence-corrected chi connectivity index (χ3v) is 3.44. The van der Waals surface area contributed by atoms with Crippen LogP contribution in [0.3, 0.4) is 0 Å². The summed E-state index contributed by atoms with van der Waals surface area (Å²) < 4.78 is 12.9. The molecule has 5 nitrogen and oxygen atoms in total. The number of nitrogens with one attached hydrogen (secondary N) is 2. The highest BCUT2D eigenvalue weighted by Crippen LogP contribution is 2.20. The summed E-state index contributed by atoms with van der Waals surface area (Å²) in [5, 5.41) is 9.49. The van der Waals surface area contributed by atoms with Gasteiger partial charge in [0.1, 0.15) is 18.0 Å². The van der Waals surface area contributed by atoms with Crippen LogP contribution in [0.25, 0.3) is 0 Å². The van der Waals surface area contributed by atoms with Gasteiger partial charge in [0.05, 0.1) is 6.04 Å². The predicted octanol–water partition coefficient (Wildman–Crippen LogP) is 2.70. The zero-order valence-electron chi connectivity index (χ0n) is 12.1. The van der Waals surface area contributed by atoms with Crippen molar-refractivity contribution in [3.63, 3.8) is 0 Å². The monoisotopic (exact) mass is 290 g/mol. The zero-order valence-corrected chi connectivity index (χ0v) is 12.1. The quantitative estimate of drug-likeness (QED) is 0.859. The van der Waals surface area contributed by atoms with Crippen LogP contribution in [0.2, 0.25) is 0 Å². The number of aromatic amines is 1. The fourth-order valence-corrected chi connectivity index (χ4v) is 2.19. The molecule has 0 saturated carbocycles. The summed E-state index contributed by atoms with van der Waals surface area (Å²) >= 11 is 0. The number of halogens is 1. The van der Waals surface area contributed by atoms with Gasteiger partial charge in [-0.15, -0.1) is 0 Å². The summed E-state index contributed by atoms with van der Waals surface area (Å²) in [5.74, 6) is 0.347. The number of H-pyrrole nitrogens is 1. The van der Waals surface area contributed by atoms with E-state index in [0.29, 0.717) is 12.2 Å². The van der Waals surface area contributed by atoms with Crippen molar-refractivity contribution in [2.45, 2.75) is 38.6 Å². The van der Waals surface area contributed by atoms with Gasteiger partial charge in [0, 0.05) is 6.42 Å². The fourth-order valence-electron chi connectivity index (χ4n) is 2.19. The molecule has 2 aromatic rings. The van der Waals surface area contributed by atoms with Crippen molar-refractivity contribution in [3.05, 3.63) is 47.8 Å². The number of nitrogens with zero attached hydrogens (tertiary/aromatic N) is 2. The van der Waals surface area contributed by atoms with Gasteiger partial charge in [-0.25, -0.2) is 9.37 Å². The number of hydrogen-bond acceptors (Lipinski definition) is 3. The van der Waals surface area contributed by atoms with E-state index in [1.54, 1.807) is 12.1 Å². The molecule has 0 radical (unpaired) electrons. The van der Waals surface area contributed by atoms with Crippen LogP contribution in [-0.4, -0.2) is 21.1 Å². The van der Waals surface area contributed by atoms with Gasteiger partial charge < -0.3 is 5.32 Å². The molecule has 0 aliphatic heterocycles. The highest BCUT2D eigenvalue weighted by atomic mass is 19.1. The Kier molecular flexibility index (Phi) is 5.03. The highest BCUT2D eigenvalue weighted by molar-refractivity contribution is 5.77. The number of aromatic nitrogens is 3. The normalized spacial score (nSPS) is 13.7. The second-order valence-corrected chi connectivity index (χ2v) is 5.06. The molecule has 2 atom stereocenters. The summed E-state index contributed by atoms with van der Waals surface area (Å²) in [6.07, 6.45) is 2.49. The van der Waals surface area contributed by atoms with Crippen molar-refractivity contribution in [2.75, 3.05) is 0 Å². The Hall–Kier alpha value is -2.24. The lowest BCUT2D eigenvalue weighted by Gasteiger charge is -2.17. The van der Waals surface area contributed by atoms with Gasteiger partial charge in [-0.1, -0.05) is 26.0 Å². The van der Waals surface area contributed by atoms with Crippen molar-refractivity contribution in [2.24, 2.45) is 0 Å². The zero-order chi connectivity index (χ0) is 15.2. The SMILES string of the molecule is CC[C@@H](NC(=O)C[C@@H](C)c1ccc(F)cc1)c1ncn[nH]1. The maximum absolute atomic E-state index is 12.9. The minimum Gasteiger partial charge on any atom is -0.346 e. The minimum atomic E-state index is -0.272. The Morgan fingerprint density at radius 2 is 2.10 bits per heavy atom. The Bertz CT molecular complexity index is 568. The first-order valence-electron chi connectivity index (χ1n) is 7.00. The van der Waals surface area contributed by atoms with Gasteiger partial charge in [-0.05, 0) is 30.0 Å².